The van der Waals surface area contributed by atoms with Crippen molar-refractivity contribution < 1.29 is 9.53 Å². The zero-order valence-corrected chi connectivity index (χ0v) is 12.7. The van der Waals surface area contributed by atoms with Crippen molar-refractivity contribution in [3.63, 3.8) is 0 Å². The second kappa shape index (κ2) is 7.84. The largest absolute Gasteiger partial charge is 0.497 e. The highest BCUT2D eigenvalue weighted by Gasteiger charge is 2.21. The Morgan fingerprint density at radius 3 is 2.71 bits per heavy atom. The molecule has 2 rings (SSSR count). The molecular formula is C17H24N2O2. The van der Waals surface area contributed by atoms with Crippen LogP contribution >= 0.6 is 0 Å². The first-order valence-corrected chi connectivity index (χ1v) is 7.45. The fourth-order valence-corrected chi connectivity index (χ4v) is 2.18. The summed E-state index contributed by atoms with van der Waals surface area (Å²) < 4.78 is 5.14. The van der Waals surface area contributed by atoms with Crippen molar-refractivity contribution in [1.29, 1.82) is 0 Å². The van der Waals surface area contributed by atoms with Crippen LogP contribution in [0.3, 0.4) is 0 Å². The number of nitrogens with one attached hydrogen (secondary N) is 1. The van der Waals surface area contributed by atoms with Crippen molar-refractivity contribution in [2.45, 2.75) is 19.4 Å². The second-order valence-electron chi connectivity index (χ2n) is 5.49. The fourth-order valence-electron chi connectivity index (χ4n) is 2.18. The molecule has 1 amide bonds. The van der Waals surface area contributed by atoms with Crippen molar-refractivity contribution in [3.8, 4) is 5.75 Å². The number of carbonyl (C=O) groups is 1. The van der Waals surface area contributed by atoms with E-state index in [4.69, 9.17) is 4.74 Å². The van der Waals surface area contributed by atoms with E-state index in [1.165, 1.54) is 12.8 Å². The van der Waals surface area contributed by atoms with Gasteiger partial charge in [-0.25, -0.2) is 0 Å². The van der Waals surface area contributed by atoms with Gasteiger partial charge in [-0.1, -0.05) is 18.2 Å². The predicted molar refractivity (Wildman–Crippen MR) is 84.2 cm³/mol. The van der Waals surface area contributed by atoms with Gasteiger partial charge in [0.15, 0.2) is 0 Å². The van der Waals surface area contributed by atoms with Gasteiger partial charge in [0.05, 0.1) is 13.7 Å². The molecule has 0 unspecified atom stereocenters. The molecule has 0 bridgehead atoms. The molecule has 1 N–H and O–H groups in total. The Labute approximate surface area is 126 Å². The number of rotatable bonds is 9. The lowest BCUT2D eigenvalue weighted by Crippen LogP contribution is -2.38. The van der Waals surface area contributed by atoms with Crippen LogP contribution in [0, 0.1) is 5.92 Å². The van der Waals surface area contributed by atoms with Crippen LogP contribution in [-0.4, -0.2) is 37.6 Å². The molecule has 1 aliphatic carbocycles. The van der Waals surface area contributed by atoms with E-state index in [0.717, 1.165) is 23.8 Å². The van der Waals surface area contributed by atoms with E-state index >= 15 is 0 Å². The molecule has 0 atom stereocenters. The van der Waals surface area contributed by atoms with Crippen molar-refractivity contribution >= 4 is 5.91 Å². The molecule has 4 heteroatoms. The van der Waals surface area contributed by atoms with Gasteiger partial charge in [-0.3, -0.25) is 4.79 Å². The van der Waals surface area contributed by atoms with Gasteiger partial charge in [-0.2, -0.15) is 0 Å². The predicted octanol–water partition coefficient (Wildman–Crippen LogP) is 2.21. The molecule has 0 saturated heterocycles. The van der Waals surface area contributed by atoms with Crippen molar-refractivity contribution in [2.75, 3.05) is 26.7 Å². The molecule has 0 aromatic heterocycles. The number of carbonyl (C=O) groups excluding carboxylic acids is 1. The molecule has 114 valence electrons. The van der Waals surface area contributed by atoms with E-state index in [9.17, 15) is 4.79 Å². The van der Waals surface area contributed by atoms with Gasteiger partial charge in [0.2, 0.25) is 5.91 Å². The number of ether oxygens (including phenoxy) is 1. The van der Waals surface area contributed by atoms with Crippen LogP contribution in [0.1, 0.15) is 18.4 Å². The Kier molecular flexibility index (Phi) is 5.81. The van der Waals surface area contributed by atoms with Gasteiger partial charge in [0.25, 0.3) is 0 Å². The Morgan fingerprint density at radius 2 is 2.14 bits per heavy atom. The molecule has 0 spiro atoms. The second-order valence-corrected chi connectivity index (χ2v) is 5.49. The Bertz CT molecular complexity index is 466. The minimum Gasteiger partial charge on any atom is -0.497 e. The molecule has 0 heterocycles. The standard InChI is InChI=1S/C17H24N2O2/c1-3-10-19(17(20)12-18-11-14-4-5-14)13-15-6-8-16(21-2)9-7-15/h3,6-9,14,18H,1,4-5,10-13H2,2H3. The third-order valence-corrected chi connectivity index (χ3v) is 3.64. The van der Waals surface area contributed by atoms with Crippen LogP contribution < -0.4 is 10.1 Å². The molecule has 1 aromatic carbocycles. The third kappa shape index (κ3) is 5.23. The molecule has 4 nitrogen and oxygen atoms in total. The van der Waals surface area contributed by atoms with E-state index in [1.54, 1.807) is 13.2 Å². The highest BCUT2D eigenvalue weighted by Crippen LogP contribution is 2.27. The molecule has 0 radical (unpaired) electrons. The summed E-state index contributed by atoms with van der Waals surface area (Å²) in [6.45, 7) is 6.26. The average Bonchev–Trinajstić information content (AvgIpc) is 3.31. The number of hydrogen-bond donors (Lipinski definition) is 1. The Balaban J connectivity index is 1.86. The van der Waals surface area contributed by atoms with Gasteiger partial charge in [0.1, 0.15) is 5.75 Å². The number of hydrogen-bond acceptors (Lipinski definition) is 3. The van der Waals surface area contributed by atoms with Crippen LogP contribution in [-0.2, 0) is 11.3 Å². The van der Waals surface area contributed by atoms with Gasteiger partial charge in [0, 0.05) is 13.1 Å². The molecule has 1 fully saturated rings. The van der Waals surface area contributed by atoms with Crippen molar-refractivity contribution in [2.24, 2.45) is 5.92 Å². The summed E-state index contributed by atoms with van der Waals surface area (Å²) >= 11 is 0. The Morgan fingerprint density at radius 1 is 1.43 bits per heavy atom. The SMILES string of the molecule is C=CCN(Cc1ccc(OC)cc1)C(=O)CNCC1CC1. The highest BCUT2D eigenvalue weighted by atomic mass is 16.5. The fraction of sp³-hybridized carbons (Fsp3) is 0.471. The lowest BCUT2D eigenvalue weighted by Gasteiger charge is -2.21. The third-order valence-electron chi connectivity index (χ3n) is 3.64. The van der Waals surface area contributed by atoms with Gasteiger partial charge in [-0.05, 0) is 43.0 Å². The quantitative estimate of drug-likeness (QED) is 0.708. The summed E-state index contributed by atoms with van der Waals surface area (Å²) in [6.07, 6.45) is 4.36. The average molecular weight is 288 g/mol. The molecular weight excluding hydrogens is 264 g/mol. The summed E-state index contributed by atoms with van der Waals surface area (Å²) in [5.74, 6) is 1.73. The van der Waals surface area contributed by atoms with Crippen LogP contribution in [0.15, 0.2) is 36.9 Å². The number of nitrogens with zero attached hydrogens (tertiary/aromatic N) is 1. The van der Waals surface area contributed by atoms with E-state index in [2.05, 4.69) is 11.9 Å². The first kappa shape index (κ1) is 15.6. The first-order valence-electron chi connectivity index (χ1n) is 7.45. The summed E-state index contributed by atoms with van der Waals surface area (Å²) in [6, 6.07) is 7.80. The lowest BCUT2D eigenvalue weighted by molar-refractivity contribution is -0.130. The van der Waals surface area contributed by atoms with E-state index in [1.807, 2.05) is 29.2 Å². The molecule has 21 heavy (non-hydrogen) atoms. The summed E-state index contributed by atoms with van der Waals surface area (Å²) in [7, 11) is 1.65. The summed E-state index contributed by atoms with van der Waals surface area (Å²) in [5, 5.41) is 3.24. The van der Waals surface area contributed by atoms with Crippen LogP contribution in [0.2, 0.25) is 0 Å². The molecule has 0 aliphatic heterocycles. The molecule has 1 aliphatic rings. The zero-order valence-electron chi connectivity index (χ0n) is 12.7. The summed E-state index contributed by atoms with van der Waals surface area (Å²) in [4.78, 5) is 14.1. The van der Waals surface area contributed by atoms with E-state index in [0.29, 0.717) is 19.6 Å². The number of benzene rings is 1. The van der Waals surface area contributed by atoms with E-state index < -0.39 is 0 Å². The van der Waals surface area contributed by atoms with E-state index in [-0.39, 0.29) is 5.91 Å². The molecule has 1 saturated carbocycles. The molecule has 1 aromatic rings. The monoisotopic (exact) mass is 288 g/mol. The van der Waals surface area contributed by atoms with Crippen LogP contribution in [0.25, 0.3) is 0 Å². The minimum atomic E-state index is 0.117. The van der Waals surface area contributed by atoms with Crippen molar-refractivity contribution in [1.82, 2.24) is 10.2 Å². The Hall–Kier alpha value is -1.81. The zero-order chi connectivity index (χ0) is 15.1. The van der Waals surface area contributed by atoms with Crippen molar-refractivity contribution in [3.05, 3.63) is 42.5 Å². The highest BCUT2D eigenvalue weighted by molar-refractivity contribution is 5.78. The summed E-state index contributed by atoms with van der Waals surface area (Å²) in [5.41, 5.74) is 1.09. The maximum absolute atomic E-state index is 12.3. The number of methoxy groups -OCH3 is 1. The van der Waals surface area contributed by atoms with Crippen LogP contribution in [0.4, 0.5) is 0 Å². The topological polar surface area (TPSA) is 41.6 Å². The van der Waals surface area contributed by atoms with Crippen LogP contribution in [0.5, 0.6) is 5.75 Å². The minimum absolute atomic E-state index is 0.117. The normalized spacial score (nSPS) is 13.8. The first-order chi connectivity index (χ1) is 10.2. The van der Waals surface area contributed by atoms with Gasteiger partial charge >= 0.3 is 0 Å². The lowest BCUT2D eigenvalue weighted by atomic mass is 10.2. The maximum atomic E-state index is 12.3. The van der Waals surface area contributed by atoms with Gasteiger partial charge in [-0.15, -0.1) is 6.58 Å². The number of amides is 1. The smallest absolute Gasteiger partial charge is 0.237 e. The maximum Gasteiger partial charge on any atom is 0.237 e. The van der Waals surface area contributed by atoms with Gasteiger partial charge < -0.3 is 15.0 Å².